The van der Waals surface area contributed by atoms with Gasteiger partial charge in [-0.2, -0.15) is 0 Å². The summed E-state index contributed by atoms with van der Waals surface area (Å²) in [4.78, 5) is 26.2. The molecular weight excluding hydrogens is 375 g/mol. The van der Waals surface area contributed by atoms with Gasteiger partial charge in [0.1, 0.15) is 11.8 Å². The van der Waals surface area contributed by atoms with Gasteiger partial charge in [0.05, 0.1) is 0 Å². The number of benzene rings is 2. The van der Waals surface area contributed by atoms with Crippen LogP contribution in [0.2, 0.25) is 10.0 Å². The average Bonchev–Trinajstić information content (AvgIpc) is 2.65. The molecule has 0 aliphatic carbocycles. The Hall–Kier alpha value is -2.24. The minimum Gasteiger partial charge on any atom is -0.484 e. The van der Waals surface area contributed by atoms with E-state index in [9.17, 15) is 9.59 Å². The molecule has 0 aromatic heterocycles. The van der Waals surface area contributed by atoms with Gasteiger partial charge in [-0.3, -0.25) is 9.59 Å². The topological polar surface area (TPSA) is 58.6 Å². The molecule has 1 atom stereocenters. The van der Waals surface area contributed by atoms with Gasteiger partial charge in [-0.25, -0.2) is 0 Å². The number of hydrogen-bond acceptors (Lipinski definition) is 3. The molecule has 5 nitrogen and oxygen atoms in total. The van der Waals surface area contributed by atoms with Crippen LogP contribution >= 0.6 is 23.2 Å². The third-order valence-electron chi connectivity index (χ3n) is 3.88. The number of carbonyl (C=O) groups is 2. The van der Waals surface area contributed by atoms with E-state index in [0.29, 0.717) is 21.4 Å². The molecule has 0 saturated carbocycles. The Morgan fingerprint density at radius 1 is 1.15 bits per heavy atom. The Bertz CT molecular complexity index is 769. The summed E-state index contributed by atoms with van der Waals surface area (Å²) in [5, 5.41) is 3.49. The van der Waals surface area contributed by atoms with Crippen LogP contribution in [-0.2, 0) is 16.1 Å². The lowest BCUT2D eigenvalue weighted by molar-refractivity contribution is -0.142. The summed E-state index contributed by atoms with van der Waals surface area (Å²) < 4.78 is 5.52. The van der Waals surface area contributed by atoms with Crippen LogP contribution in [0.1, 0.15) is 12.5 Å². The summed E-state index contributed by atoms with van der Waals surface area (Å²) in [5.41, 5.74) is 0.694. The fourth-order valence-corrected chi connectivity index (χ4v) is 2.84. The number of carbonyl (C=O) groups excluding carboxylic acids is 2. The Labute approximate surface area is 162 Å². The fraction of sp³-hybridized carbons (Fsp3) is 0.263. The standard InChI is InChI=1S/C19H20Cl2N2O3/c1-13(19(25)22-2)23(11-14-8-9-15(20)10-17(14)21)18(24)12-26-16-6-4-3-5-7-16/h3-10,13H,11-12H2,1-2H3,(H,22,25)/t13-/m0/s1. The monoisotopic (exact) mass is 394 g/mol. The quantitative estimate of drug-likeness (QED) is 0.780. The minimum atomic E-state index is -0.682. The first-order valence-electron chi connectivity index (χ1n) is 8.05. The van der Waals surface area contributed by atoms with Gasteiger partial charge in [0, 0.05) is 23.6 Å². The maximum Gasteiger partial charge on any atom is 0.261 e. The highest BCUT2D eigenvalue weighted by Crippen LogP contribution is 2.23. The summed E-state index contributed by atoms with van der Waals surface area (Å²) >= 11 is 12.1. The predicted molar refractivity (Wildman–Crippen MR) is 102 cm³/mol. The zero-order chi connectivity index (χ0) is 19.1. The molecule has 2 aromatic rings. The van der Waals surface area contributed by atoms with Crippen LogP contribution < -0.4 is 10.1 Å². The van der Waals surface area contributed by atoms with Crippen LogP contribution in [0.25, 0.3) is 0 Å². The van der Waals surface area contributed by atoms with E-state index in [4.69, 9.17) is 27.9 Å². The maximum absolute atomic E-state index is 12.7. The van der Waals surface area contributed by atoms with E-state index >= 15 is 0 Å². The Balaban J connectivity index is 2.16. The Kier molecular flexibility index (Phi) is 7.30. The van der Waals surface area contributed by atoms with E-state index in [-0.39, 0.29) is 25.0 Å². The van der Waals surface area contributed by atoms with Gasteiger partial charge in [0.25, 0.3) is 5.91 Å². The first kappa shape index (κ1) is 20.1. The van der Waals surface area contributed by atoms with Crippen molar-refractivity contribution in [3.8, 4) is 5.75 Å². The lowest BCUT2D eigenvalue weighted by Gasteiger charge is -2.28. The molecule has 0 bridgehead atoms. The molecule has 138 valence electrons. The zero-order valence-electron chi connectivity index (χ0n) is 14.5. The third-order valence-corrected chi connectivity index (χ3v) is 4.46. The number of halogens is 2. The third kappa shape index (κ3) is 5.38. The van der Waals surface area contributed by atoms with Crippen molar-refractivity contribution in [3.63, 3.8) is 0 Å². The van der Waals surface area contributed by atoms with Crippen molar-refractivity contribution < 1.29 is 14.3 Å². The van der Waals surface area contributed by atoms with Gasteiger partial charge in [0.2, 0.25) is 5.91 Å². The summed E-state index contributed by atoms with van der Waals surface area (Å²) in [5.74, 6) is -0.0166. The summed E-state index contributed by atoms with van der Waals surface area (Å²) in [7, 11) is 1.53. The molecule has 0 unspecified atom stereocenters. The number of nitrogens with zero attached hydrogens (tertiary/aromatic N) is 1. The normalized spacial score (nSPS) is 11.5. The number of rotatable bonds is 7. The number of para-hydroxylation sites is 1. The van der Waals surface area contributed by atoms with Crippen molar-refractivity contribution in [3.05, 3.63) is 64.1 Å². The minimum absolute atomic E-state index is 0.168. The first-order chi connectivity index (χ1) is 12.4. The number of amides is 2. The second-order valence-electron chi connectivity index (χ2n) is 5.65. The Morgan fingerprint density at radius 3 is 2.46 bits per heavy atom. The summed E-state index contributed by atoms with van der Waals surface area (Å²) in [6, 6.07) is 13.4. The number of ether oxygens (including phenoxy) is 1. The van der Waals surface area contributed by atoms with Crippen molar-refractivity contribution in [2.45, 2.75) is 19.5 Å². The highest BCUT2D eigenvalue weighted by atomic mass is 35.5. The number of hydrogen-bond donors (Lipinski definition) is 1. The van der Waals surface area contributed by atoms with Crippen LogP contribution in [0.15, 0.2) is 48.5 Å². The van der Waals surface area contributed by atoms with E-state index in [2.05, 4.69) is 5.32 Å². The van der Waals surface area contributed by atoms with Gasteiger partial charge in [-0.1, -0.05) is 47.5 Å². The molecule has 2 aromatic carbocycles. The molecule has 0 saturated heterocycles. The van der Waals surface area contributed by atoms with Gasteiger partial charge in [-0.15, -0.1) is 0 Å². The highest BCUT2D eigenvalue weighted by molar-refractivity contribution is 6.35. The first-order valence-corrected chi connectivity index (χ1v) is 8.80. The zero-order valence-corrected chi connectivity index (χ0v) is 16.1. The van der Waals surface area contributed by atoms with Gasteiger partial charge >= 0.3 is 0 Å². The smallest absolute Gasteiger partial charge is 0.261 e. The molecule has 0 aliphatic rings. The molecule has 2 amide bonds. The van der Waals surface area contributed by atoms with Crippen LogP contribution in [0.4, 0.5) is 0 Å². The molecule has 1 N–H and O–H groups in total. The molecular formula is C19H20Cl2N2O3. The van der Waals surface area contributed by atoms with Crippen molar-refractivity contribution in [2.75, 3.05) is 13.7 Å². The highest BCUT2D eigenvalue weighted by Gasteiger charge is 2.26. The van der Waals surface area contributed by atoms with E-state index in [1.165, 1.54) is 11.9 Å². The fourth-order valence-electron chi connectivity index (χ4n) is 2.37. The van der Waals surface area contributed by atoms with E-state index in [1.54, 1.807) is 37.3 Å². The Morgan fingerprint density at radius 2 is 1.85 bits per heavy atom. The molecule has 2 rings (SSSR count). The van der Waals surface area contributed by atoms with Crippen molar-refractivity contribution >= 4 is 35.0 Å². The number of nitrogens with one attached hydrogen (secondary N) is 1. The average molecular weight is 395 g/mol. The summed E-state index contributed by atoms with van der Waals surface area (Å²) in [6.07, 6.45) is 0. The largest absolute Gasteiger partial charge is 0.484 e. The van der Waals surface area contributed by atoms with E-state index in [0.717, 1.165) is 0 Å². The van der Waals surface area contributed by atoms with Gasteiger partial charge in [0.15, 0.2) is 6.61 Å². The van der Waals surface area contributed by atoms with Gasteiger partial charge < -0.3 is 15.0 Å². The SMILES string of the molecule is CNC(=O)[C@H](C)N(Cc1ccc(Cl)cc1Cl)C(=O)COc1ccccc1. The molecule has 0 fully saturated rings. The van der Waals surface area contributed by atoms with Crippen LogP contribution in [0.5, 0.6) is 5.75 Å². The number of likely N-dealkylation sites (N-methyl/N-ethyl adjacent to an activating group) is 1. The predicted octanol–water partition coefficient (Wildman–Crippen LogP) is 3.54. The molecule has 26 heavy (non-hydrogen) atoms. The van der Waals surface area contributed by atoms with Crippen LogP contribution in [0.3, 0.4) is 0 Å². The van der Waals surface area contributed by atoms with Crippen LogP contribution in [-0.4, -0.2) is 36.4 Å². The van der Waals surface area contributed by atoms with Crippen molar-refractivity contribution in [2.24, 2.45) is 0 Å². The molecule has 0 aliphatic heterocycles. The molecule has 0 spiro atoms. The second-order valence-corrected chi connectivity index (χ2v) is 6.49. The summed E-state index contributed by atoms with van der Waals surface area (Å²) in [6.45, 7) is 1.64. The lowest BCUT2D eigenvalue weighted by atomic mass is 10.1. The maximum atomic E-state index is 12.7. The lowest BCUT2D eigenvalue weighted by Crippen LogP contribution is -2.48. The van der Waals surface area contributed by atoms with Crippen molar-refractivity contribution in [1.29, 1.82) is 0 Å². The van der Waals surface area contributed by atoms with E-state index < -0.39 is 6.04 Å². The van der Waals surface area contributed by atoms with Gasteiger partial charge in [-0.05, 0) is 36.8 Å². The molecule has 0 radical (unpaired) electrons. The second kappa shape index (κ2) is 9.46. The molecule has 0 heterocycles. The molecule has 7 heteroatoms. The van der Waals surface area contributed by atoms with E-state index in [1.807, 2.05) is 18.2 Å². The van der Waals surface area contributed by atoms with Crippen LogP contribution in [0, 0.1) is 0 Å². The van der Waals surface area contributed by atoms with Crippen molar-refractivity contribution in [1.82, 2.24) is 10.2 Å².